The summed E-state index contributed by atoms with van der Waals surface area (Å²) in [5.74, 6) is 0.108. The van der Waals surface area contributed by atoms with Crippen LogP contribution in [-0.2, 0) is 0 Å². The molecule has 28 heavy (non-hydrogen) atoms. The zero-order chi connectivity index (χ0) is 19.1. The Bertz CT molecular complexity index is 1200. The van der Waals surface area contributed by atoms with E-state index in [4.69, 9.17) is 9.40 Å². The Balaban J connectivity index is 1.34. The van der Waals surface area contributed by atoms with Crippen LogP contribution >= 0.6 is 11.3 Å². The number of carbonyl (C=O) groups excluding carboxylic acids is 1. The number of hydrogen-bond donors (Lipinski definition) is 0. The zero-order valence-corrected chi connectivity index (χ0v) is 15.9. The highest BCUT2D eigenvalue weighted by molar-refractivity contribution is 7.18. The van der Waals surface area contributed by atoms with Crippen molar-refractivity contribution in [2.45, 2.75) is 18.8 Å². The third kappa shape index (κ3) is 2.99. The number of aromatic nitrogens is 1. The molecule has 0 unspecified atom stereocenters. The van der Waals surface area contributed by atoms with Gasteiger partial charge in [0.05, 0.1) is 15.2 Å². The fraction of sp³-hybridized carbons (Fsp3) is 0.227. The van der Waals surface area contributed by atoms with Crippen LogP contribution in [0.2, 0.25) is 0 Å². The third-order valence-corrected chi connectivity index (χ3v) is 6.51. The minimum absolute atomic E-state index is 0.108. The quantitative estimate of drug-likeness (QED) is 0.475. The highest BCUT2D eigenvalue weighted by atomic mass is 32.1. The molecular weight excluding hydrogens is 372 g/mol. The molecule has 5 rings (SSSR count). The molecule has 1 aliphatic heterocycles. The van der Waals surface area contributed by atoms with Crippen molar-refractivity contribution in [3.05, 3.63) is 75.6 Å². The number of thiazole rings is 1. The molecule has 5 nitrogen and oxygen atoms in total. The van der Waals surface area contributed by atoms with Crippen molar-refractivity contribution >= 4 is 38.4 Å². The van der Waals surface area contributed by atoms with Crippen molar-refractivity contribution in [2.24, 2.45) is 0 Å². The minimum atomic E-state index is -0.572. The van der Waals surface area contributed by atoms with Crippen molar-refractivity contribution in [3.63, 3.8) is 0 Å². The molecule has 0 atom stereocenters. The first-order valence-electron chi connectivity index (χ1n) is 9.37. The number of fused-ring (bicyclic) bond motifs is 2. The summed E-state index contributed by atoms with van der Waals surface area (Å²) in [4.78, 5) is 31.7. The summed E-state index contributed by atoms with van der Waals surface area (Å²) in [6, 6.07) is 17.0. The highest BCUT2D eigenvalue weighted by Gasteiger charge is 2.28. The maximum atomic E-state index is 12.9. The van der Waals surface area contributed by atoms with E-state index in [2.05, 4.69) is 6.07 Å². The van der Waals surface area contributed by atoms with Gasteiger partial charge in [-0.05, 0) is 37.1 Å². The number of piperidine rings is 1. The number of hydrogen-bond acceptors (Lipinski definition) is 5. The first-order chi connectivity index (χ1) is 13.7. The molecule has 1 amide bonds. The molecule has 2 aromatic carbocycles. The Hall–Kier alpha value is -2.99. The molecule has 0 spiro atoms. The summed E-state index contributed by atoms with van der Waals surface area (Å²) in [7, 11) is 0. The lowest BCUT2D eigenvalue weighted by molar-refractivity contribution is 0.0709. The first kappa shape index (κ1) is 17.1. The molecule has 140 valence electrons. The van der Waals surface area contributed by atoms with Gasteiger partial charge in [0.1, 0.15) is 11.1 Å². The number of para-hydroxylation sites is 2. The average Bonchev–Trinajstić information content (AvgIpc) is 3.17. The largest absolute Gasteiger partial charge is 0.422 e. The number of amides is 1. The topological polar surface area (TPSA) is 63.4 Å². The molecule has 3 heterocycles. The lowest BCUT2D eigenvalue weighted by Gasteiger charge is -2.30. The van der Waals surface area contributed by atoms with E-state index < -0.39 is 5.63 Å². The third-order valence-electron chi connectivity index (χ3n) is 5.31. The van der Waals surface area contributed by atoms with E-state index >= 15 is 0 Å². The van der Waals surface area contributed by atoms with E-state index in [0.29, 0.717) is 24.6 Å². The van der Waals surface area contributed by atoms with Gasteiger partial charge in [0.2, 0.25) is 0 Å². The standard InChI is InChI=1S/C22H18N2O3S/c25-21(16-13-15-5-1-3-7-18(15)27-22(16)26)24-11-9-14(10-12-24)20-23-17-6-2-4-8-19(17)28-20/h1-8,13-14H,9-12H2. The van der Waals surface area contributed by atoms with Gasteiger partial charge in [0, 0.05) is 24.4 Å². The van der Waals surface area contributed by atoms with E-state index in [9.17, 15) is 9.59 Å². The molecule has 0 saturated carbocycles. The Morgan fingerprint density at radius 2 is 1.82 bits per heavy atom. The first-order valence-corrected chi connectivity index (χ1v) is 10.2. The molecule has 0 aliphatic carbocycles. The zero-order valence-electron chi connectivity index (χ0n) is 15.1. The predicted octanol–water partition coefficient (Wildman–Crippen LogP) is 4.42. The fourth-order valence-corrected chi connectivity index (χ4v) is 4.91. The van der Waals surface area contributed by atoms with E-state index in [0.717, 1.165) is 28.8 Å². The second-order valence-corrected chi connectivity index (χ2v) is 8.13. The van der Waals surface area contributed by atoms with Gasteiger partial charge in [-0.3, -0.25) is 4.79 Å². The van der Waals surface area contributed by atoms with Crippen LogP contribution in [0.3, 0.4) is 0 Å². The van der Waals surface area contributed by atoms with Gasteiger partial charge < -0.3 is 9.32 Å². The Kier molecular flexibility index (Phi) is 4.20. The van der Waals surface area contributed by atoms with E-state index in [-0.39, 0.29) is 11.5 Å². The SMILES string of the molecule is O=C(c1cc2ccccc2oc1=O)N1CCC(c2nc3ccccc3s2)CC1. The van der Waals surface area contributed by atoms with Gasteiger partial charge in [-0.2, -0.15) is 0 Å². The van der Waals surface area contributed by atoms with Crippen molar-refractivity contribution in [1.82, 2.24) is 9.88 Å². The average molecular weight is 390 g/mol. The van der Waals surface area contributed by atoms with E-state index in [1.807, 2.05) is 30.3 Å². The van der Waals surface area contributed by atoms with Crippen LogP contribution in [0.25, 0.3) is 21.2 Å². The molecule has 2 aromatic heterocycles. The maximum absolute atomic E-state index is 12.9. The lowest BCUT2D eigenvalue weighted by atomic mass is 9.97. The van der Waals surface area contributed by atoms with Crippen molar-refractivity contribution in [2.75, 3.05) is 13.1 Å². The molecule has 1 saturated heterocycles. The number of benzene rings is 2. The smallest absolute Gasteiger partial charge is 0.349 e. The Morgan fingerprint density at radius 3 is 2.64 bits per heavy atom. The highest BCUT2D eigenvalue weighted by Crippen LogP contribution is 2.34. The van der Waals surface area contributed by atoms with E-state index in [1.54, 1.807) is 34.4 Å². The van der Waals surface area contributed by atoms with Crippen molar-refractivity contribution in [1.29, 1.82) is 0 Å². The molecule has 0 radical (unpaired) electrons. The van der Waals surface area contributed by atoms with Crippen molar-refractivity contribution in [3.8, 4) is 0 Å². The maximum Gasteiger partial charge on any atom is 0.349 e. The minimum Gasteiger partial charge on any atom is -0.422 e. The summed E-state index contributed by atoms with van der Waals surface area (Å²) < 4.78 is 6.52. The molecule has 0 bridgehead atoms. The van der Waals surface area contributed by atoms with Crippen LogP contribution < -0.4 is 5.63 Å². The van der Waals surface area contributed by atoms with Gasteiger partial charge in [0.25, 0.3) is 5.91 Å². The van der Waals surface area contributed by atoms with Crippen LogP contribution in [0, 0.1) is 0 Å². The number of carbonyl (C=O) groups is 1. The number of nitrogens with zero attached hydrogens (tertiary/aromatic N) is 2. The summed E-state index contributed by atoms with van der Waals surface area (Å²) >= 11 is 1.73. The van der Waals surface area contributed by atoms with Crippen LogP contribution in [-0.4, -0.2) is 28.9 Å². The van der Waals surface area contributed by atoms with Crippen molar-refractivity contribution < 1.29 is 9.21 Å². The lowest BCUT2D eigenvalue weighted by Crippen LogP contribution is -2.39. The number of likely N-dealkylation sites (tertiary alicyclic amines) is 1. The van der Waals surface area contributed by atoms with Gasteiger partial charge in [-0.25, -0.2) is 9.78 Å². The summed E-state index contributed by atoms with van der Waals surface area (Å²) in [5.41, 5.74) is 1.07. The van der Waals surface area contributed by atoms with Crippen LogP contribution in [0.1, 0.15) is 34.1 Å². The van der Waals surface area contributed by atoms with Gasteiger partial charge >= 0.3 is 5.63 Å². The summed E-state index contributed by atoms with van der Waals surface area (Å²) in [6.07, 6.45) is 1.70. The monoisotopic (exact) mass is 390 g/mol. The predicted molar refractivity (Wildman–Crippen MR) is 110 cm³/mol. The molecular formula is C22H18N2O3S. The molecule has 1 aliphatic rings. The normalized spacial score (nSPS) is 15.4. The van der Waals surface area contributed by atoms with Crippen LogP contribution in [0.4, 0.5) is 0 Å². The summed E-state index contributed by atoms with van der Waals surface area (Å²) in [6.45, 7) is 1.23. The van der Waals surface area contributed by atoms with Gasteiger partial charge in [0.15, 0.2) is 0 Å². The molecule has 0 N–H and O–H groups in total. The van der Waals surface area contributed by atoms with Gasteiger partial charge in [-0.15, -0.1) is 11.3 Å². The van der Waals surface area contributed by atoms with Crippen LogP contribution in [0.5, 0.6) is 0 Å². The van der Waals surface area contributed by atoms with Gasteiger partial charge in [-0.1, -0.05) is 30.3 Å². The molecule has 6 heteroatoms. The fourth-order valence-electron chi connectivity index (χ4n) is 3.78. The summed E-state index contributed by atoms with van der Waals surface area (Å²) in [5, 5.41) is 1.90. The molecule has 1 fully saturated rings. The number of rotatable bonds is 2. The Labute approximate surface area is 165 Å². The van der Waals surface area contributed by atoms with E-state index in [1.165, 1.54) is 4.70 Å². The second-order valence-electron chi connectivity index (χ2n) is 7.07. The second kappa shape index (κ2) is 6.87. The molecule has 4 aromatic rings. The van der Waals surface area contributed by atoms with Crippen LogP contribution in [0.15, 0.2) is 63.8 Å². The Morgan fingerprint density at radius 1 is 1.07 bits per heavy atom.